The molecule has 1 saturated heterocycles. The zero-order chi connectivity index (χ0) is 21.0. The first kappa shape index (κ1) is 21.2. The van der Waals surface area contributed by atoms with Crippen molar-refractivity contribution in [2.75, 3.05) is 27.4 Å². The summed E-state index contributed by atoms with van der Waals surface area (Å²) in [7, 11) is 3.24. The Labute approximate surface area is 173 Å². The van der Waals surface area contributed by atoms with Crippen molar-refractivity contribution in [2.45, 2.75) is 45.1 Å². The molecule has 1 amide bonds. The van der Waals surface area contributed by atoms with Gasteiger partial charge in [-0.05, 0) is 62.4 Å². The Kier molecular flexibility index (Phi) is 6.48. The van der Waals surface area contributed by atoms with Crippen LogP contribution in [0.5, 0.6) is 11.5 Å². The third-order valence-electron chi connectivity index (χ3n) is 5.97. The smallest absolute Gasteiger partial charge is 0.231 e. The fraction of sp³-hybridized carbons (Fsp3) is 0.458. The summed E-state index contributed by atoms with van der Waals surface area (Å²) in [5.41, 5.74) is 3.74. The summed E-state index contributed by atoms with van der Waals surface area (Å²) in [6.07, 6.45) is 1.36. The van der Waals surface area contributed by atoms with Gasteiger partial charge in [0.05, 0.1) is 25.7 Å². The standard InChI is InChI=1S/C24H31NO4/c1-16-6-8-19(9-7-16)24(10-12-29-13-11-24)23(26)25-18(3)20-15-22(28-5)21(27-4)14-17(20)2/h6-9,14-15,18H,10-13H2,1-5H3,(H,25,26). The van der Waals surface area contributed by atoms with E-state index in [1.165, 1.54) is 5.56 Å². The van der Waals surface area contributed by atoms with Gasteiger partial charge in [-0.15, -0.1) is 0 Å². The van der Waals surface area contributed by atoms with Crippen LogP contribution in [-0.4, -0.2) is 33.3 Å². The number of hydrogen-bond donors (Lipinski definition) is 1. The summed E-state index contributed by atoms with van der Waals surface area (Å²) < 4.78 is 16.4. The maximum Gasteiger partial charge on any atom is 0.231 e. The van der Waals surface area contributed by atoms with Crippen molar-refractivity contribution in [3.05, 3.63) is 58.7 Å². The minimum absolute atomic E-state index is 0.0475. The van der Waals surface area contributed by atoms with Crippen LogP contribution in [0.3, 0.4) is 0 Å². The molecule has 1 aliphatic rings. The quantitative estimate of drug-likeness (QED) is 0.792. The molecular weight excluding hydrogens is 366 g/mol. The topological polar surface area (TPSA) is 56.8 Å². The van der Waals surface area contributed by atoms with E-state index in [4.69, 9.17) is 14.2 Å². The van der Waals surface area contributed by atoms with Crippen molar-refractivity contribution in [1.29, 1.82) is 0 Å². The van der Waals surface area contributed by atoms with Crippen molar-refractivity contribution in [3.8, 4) is 11.5 Å². The Bertz CT molecular complexity index is 854. The van der Waals surface area contributed by atoms with Crippen LogP contribution in [0.4, 0.5) is 0 Å². The highest BCUT2D eigenvalue weighted by Crippen LogP contribution is 2.37. The van der Waals surface area contributed by atoms with Gasteiger partial charge in [0.1, 0.15) is 0 Å². The van der Waals surface area contributed by atoms with E-state index < -0.39 is 5.41 Å². The first-order valence-electron chi connectivity index (χ1n) is 10.1. The Morgan fingerprint density at radius 1 is 1.03 bits per heavy atom. The molecule has 1 fully saturated rings. The van der Waals surface area contributed by atoms with E-state index in [1.54, 1.807) is 14.2 Å². The molecule has 0 aromatic heterocycles. The number of benzene rings is 2. The van der Waals surface area contributed by atoms with E-state index in [9.17, 15) is 4.79 Å². The highest BCUT2D eigenvalue weighted by Gasteiger charge is 2.42. The van der Waals surface area contributed by atoms with Crippen LogP contribution >= 0.6 is 0 Å². The fourth-order valence-electron chi connectivity index (χ4n) is 4.11. The van der Waals surface area contributed by atoms with E-state index in [0.29, 0.717) is 37.6 Å². The first-order valence-corrected chi connectivity index (χ1v) is 10.1. The largest absolute Gasteiger partial charge is 0.493 e. The average Bonchev–Trinajstić information content (AvgIpc) is 2.74. The SMILES string of the molecule is COc1cc(C)c(C(C)NC(=O)C2(c3ccc(C)cc3)CCOCC2)cc1OC. The van der Waals surface area contributed by atoms with Gasteiger partial charge < -0.3 is 19.5 Å². The van der Waals surface area contributed by atoms with E-state index >= 15 is 0 Å². The van der Waals surface area contributed by atoms with E-state index in [0.717, 1.165) is 16.7 Å². The van der Waals surface area contributed by atoms with Gasteiger partial charge in [-0.1, -0.05) is 29.8 Å². The highest BCUT2D eigenvalue weighted by atomic mass is 16.5. The van der Waals surface area contributed by atoms with Gasteiger partial charge >= 0.3 is 0 Å². The molecule has 5 nitrogen and oxygen atoms in total. The van der Waals surface area contributed by atoms with Crippen LogP contribution in [0.2, 0.25) is 0 Å². The van der Waals surface area contributed by atoms with Gasteiger partial charge in [-0.25, -0.2) is 0 Å². The normalized spacial score (nSPS) is 16.7. The number of carbonyl (C=O) groups is 1. The molecule has 1 atom stereocenters. The molecule has 0 saturated carbocycles. The maximum atomic E-state index is 13.6. The third kappa shape index (κ3) is 4.25. The van der Waals surface area contributed by atoms with Gasteiger partial charge in [0, 0.05) is 13.2 Å². The molecule has 1 N–H and O–H groups in total. The molecule has 0 spiro atoms. The van der Waals surface area contributed by atoms with E-state index in [1.807, 2.05) is 26.0 Å². The molecule has 29 heavy (non-hydrogen) atoms. The van der Waals surface area contributed by atoms with Gasteiger partial charge in [0.25, 0.3) is 0 Å². The predicted octanol–water partition coefficient (Wildman–Crippen LogP) is 4.25. The van der Waals surface area contributed by atoms with Crippen molar-refractivity contribution >= 4 is 5.91 Å². The zero-order valence-electron chi connectivity index (χ0n) is 18.0. The van der Waals surface area contributed by atoms with E-state index in [2.05, 4.69) is 36.5 Å². The lowest BCUT2D eigenvalue weighted by molar-refractivity contribution is -0.131. The number of carbonyl (C=O) groups excluding carboxylic acids is 1. The predicted molar refractivity (Wildman–Crippen MR) is 114 cm³/mol. The fourth-order valence-corrected chi connectivity index (χ4v) is 4.11. The van der Waals surface area contributed by atoms with Crippen molar-refractivity contribution in [1.82, 2.24) is 5.32 Å². The van der Waals surface area contributed by atoms with Crippen molar-refractivity contribution < 1.29 is 19.0 Å². The molecule has 2 aromatic rings. The minimum atomic E-state index is -0.565. The second kappa shape index (κ2) is 8.87. The first-order chi connectivity index (χ1) is 13.9. The average molecular weight is 398 g/mol. The van der Waals surface area contributed by atoms with Crippen molar-refractivity contribution in [2.24, 2.45) is 0 Å². The molecule has 3 rings (SSSR count). The summed E-state index contributed by atoms with van der Waals surface area (Å²) >= 11 is 0. The number of nitrogens with one attached hydrogen (secondary N) is 1. The van der Waals surface area contributed by atoms with Gasteiger partial charge in [0.2, 0.25) is 5.91 Å². The highest BCUT2D eigenvalue weighted by molar-refractivity contribution is 5.88. The van der Waals surface area contributed by atoms with Gasteiger partial charge in [-0.3, -0.25) is 4.79 Å². The number of amides is 1. The number of ether oxygens (including phenoxy) is 3. The molecule has 0 aliphatic carbocycles. The Balaban J connectivity index is 1.89. The van der Waals surface area contributed by atoms with Crippen molar-refractivity contribution in [3.63, 3.8) is 0 Å². The lowest BCUT2D eigenvalue weighted by Gasteiger charge is -2.37. The maximum absolute atomic E-state index is 13.6. The Hall–Kier alpha value is -2.53. The Morgan fingerprint density at radius 3 is 2.21 bits per heavy atom. The minimum Gasteiger partial charge on any atom is -0.493 e. The third-order valence-corrected chi connectivity index (χ3v) is 5.97. The molecule has 0 bridgehead atoms. The number of aryl methyl sites for hydroxylation is 2. The van der Waals surface area contributed by atoms with Gasteiger partial charge in [0.15, 0.2) is 11.5 Å². The second-order valence-corrected chi connectivity index (χ2v) is 7.82. The molecule has 5 heteroatoms. The van der Waals surface area contributed by atoms with Crippen LogP contribution in [0.25, 0.3) is 0 Å². The summed E-state index contributed by atoms with van der Waals surface area (Å²) in [5.74, 6) is 1.40. The summed E-state index contributed by atoms with van der Waals surface area (Å²) in [5, 5.41) is 3.26. The summed E-state index contributed by atoms with van der Waals surface area (Å²) in [6.45, 7) is 7.26. The number of hydrogen-bond acceptors (Lipinski definition) is 4. The molecule has 2 aromatic carbocycles. The lowest BCUT2D eigenvalue weighted by atomic mass is 9.73. The molecule has 156 valence electrons. The Morgan fingerprint density at radius 2 is 1.62 bits per heavy atom. The summed E-state index contributed by atoms with van der Waals surface area (Å²) in [4.78, 5) is 13.6. The molecular formula is C24H31NO4. The van der Waals surface area contributed by atoms with Crippen LogP contribution < -0.4 is 14.8 Å². The van der Waals surface area contributed by atoms with Gasteiger partial charge in [-0.2, -0.15) is 0 Å². The molecule has 0 radical (unpaired) electrons. The second-order valence-electron chi connectivity index (χ2n) is 7.82. The molecule has 1 aliphatic heterocycles. The lowest BCUT2D eigenvalue weighted by Crippen LogP contribution is -2.48. The van der Waals surface area contributed by atoms with Crippen LogP contribution in [0.15, 0.2) is 36.4 Å². The zero-order valence-corrected chi connectivity index (χ0v) is 18.0. The number of methoxy groups -OCH3 is 2. The van der Waals surface area contributed by atoms with Crippen LogP contribution in [-0.2, 0) is 14.9 Å². The monoisotopic (exact) mass is 397 g/mol. The molecule has 1 unspecified atom stereocenters. The number of rotatable bonds is 6. The summed E-state index contributed by atoms with van der Waals surface area (Å²) in [6, 6.07) is 12.0. The van der Waals surface area contributed by atoms with Crippen LogP contribution in [0, 0.1) is 13.8 Å². The van der Waals surface area contributed by atoms with Crippen LogP contribution in [0.1, 0.15) is 48.1 Å². The molecule has 1 heterocycles. The van der Waals surface area contributed by atoms with E-state index in [-0.39, 0.29) is 11.9 Å².